The molecule has 1 saturated heterocycles. The van der Waals surface area contributed by atoms with E-state index in [-0.39, 0.29) is 6.61 Å². The van der Waals surface area contributed by atoms with Gasteiger partial charge in [-0.1, -0.05) is 0 Å². The Morgan fingerprint density at radius 2 is 2.18 bits per heavy atom. The van der Waals surface area contributed by atoms with Crippen LogP contribution in [0.3, 0.4) is 0 Å². The summed E-state index contributed by atoms with van der Waals surface area (Å²) in [7, 11) is 0. The highest BCUT2D eigenvalue weighted by atomic mass is 16.3. The molecule has 1 rings (SSSR count). The quantitative estimate of drug-likeness (QED) is 0.630. The van der Waals surface area contributed by atoms with E-state index in [1.54, 1.807) is 0 Å². The first-order valence-corrected chi connectivity index (χ1v) is 4.44. The van der Waals surface area contributed by atoms with Crippen molar-refractivity contribution < 1.29 is 5.11 Å². The Morgan fingerprint density at radius 3 is 3.00 bits per heavy atom. The Morgan fingerprint density at radius 1 is 1.27 bits per heavy atom. The van der Waals surface area contributed by atoms with Gasteiger partial charge in [-0.3, -0.25) is 0 Å². The maximum atomic E-state index is 10.2. The van der Waals surface area contributed by atoms with Crippen molar-refractivity contribution in [2.75, 3.05) is 39.3 Å². The molecule has 1 radical (unpaired) electrons. The van der Waals surface area contributed by atoms with E-state index in [1.165, 1.54) is 6.42 Å². The molecule has 3 nitrogen and oxygen atoms in total. The molecule has 0 atom stereocenters. The van der Waals surface area contributed by atoms with Gasteiger partial charge in [0.05, 0.1) is 6.61 Å². The molecule has 0 unspecified atom stereocenters. The molecular weight excluding hydrogens is 140 g/mol. The van der Waals surface area contributed by atoms with Gasteiger partial charge in [-0.15, -0.1) is 0 Å². The third-order valence-corrected chi connectivity index (χ3v) is 2.05. The molecule has 1 aliphatic rings. The Balaban J connectivity index is 2.09. The first-order valence-electron chi connectivity index (χ1n) is 4.44. The topological polar surface area (TPSA) is 35.2 Å². The molecule has 0 spiro atoms. The SMILES string of the molecule is [O]CCCN1CCCNCC1. The molecule has 65 valence electrons. The third-order valence-electron chi connectivity index (χ3n) is 2.05. The number of hydrogen-bond acceptors (Lipinski definition) is 2. The summed E-state index contributed by atoms with van der Waals surface area (Å²) >= 11 is 0. The van der Waals surface area contributed by atoms with Crippen molar-refractivity contribution in [3.8, 4) is 0 Å². The molecule has 0 saturated carbocycles. The van der Waals surface area contributed by atoms with Crippen molar-refractivity contribution in [3.05, 3.63) is 0 Å². The highest BCUT2D eigenvalue weighted by Crippen LogP contribution is 1.95. The van der Waals surface area contributed by atoms with Crippen molar-refractivity contribution in [2.24, 2.45) is 0 Å². The fraction of sp³-hybridized carbons (Fsp3) is 1.00. The molecule has 0 aromatic heterocycles. The van der Waals surface area contributed by atoms with Gasteiger partial charge >= 0.3 is 0 Å². The normalized spacial score (nSPS) is 21.5. The Kier molecular flexibility index (Phi) is 4.50. The summed E-state index contributed by atoms with van der Waals surface area (Å²) in [4.78, 5) is 2.37. The molecule has 0 bridgehead atoms. The fourth-order valence-electron chi connectivity index (χ4n) is 1.41. The summed E-state index contributed by atoms with van der Waals surface area (Å²) in [6.07, 6.45) is 2.03. The summed E-state index contributed by atoms with van der Waals surface area (Å²) in [6, 6.07) is 0. The Hall–Kier alpha value is -0.120. The second kappa shape index (κ2) is 5.52. The maximum absolute atomic E-state index is 10.2. The minimum Gasteiger partial charge on any atom is -0.315 e. The summed E-state index contributed by atoms with van der Waals surface area (Å²) in [5, 5.41) is 13.6. The van der Waals surface area contributed by atoms with E-state index in [2.05, 4.69) is 10.2 Å². The average molecular weight is 157 g/mol. The average Bonchev–Trinajstić information content (AvgIpc) is 2.28. The minimum absolute atomic E-state index is 0.0733. The Labute approximate surface area is 68.4 Å². The van der Waals surface area contributed by atoms with Gasteiger partial charge in [0.15, 0.2) is 0 Å². The largest absolute Gasteiger partial charge is 0.315 e. The molecule has 1 N–H and O–H groups in total. The van der Waals surface area contributed by atoms with Crippen molar-refractivity contribution >= 4 is 0 Å². The number of rotatable bonds is 3. The predicted octanol–water partition coefficient (Wildman–Crippen LogP) is 0.102. The van der Waals surface area contributed by atoms with Crippen LogP contribution < -0.4 is 5.32 Å². The first-order chi connectivity index (χ1) is 5.43. The summed E-state index contributed by atoms with van der Waals surface area (Å²) in [5.41, 5.74) is 0. The second-order valence-electron chi connectivity index (χ2n) is 3.00. The smallest absolute Gasteiger partial charge is 0.0834 e. The van der Waals surface area contributed by atoms with Crippen LogP contribution in [0.2, 0.25) is 0 Å². The summed E-state index contributed by atoms with van der Waals surface area (Å²) in [5.74, 6) is 0. The van der Waals surface area contributed by atoms with Gasteiger partial charge in [0, 0.05) is 19.6 Å². The molecule has 1 heterocycles. The Bertz CT molecular complexity index is 90.1. The van der Waals surface area contributed by atoms with E-state index in [0.717, 1.165) is 39.1 Å². The van der Waals surface area contributed by atoms with Crippen LogP contribution in [0.25, 0.3) is 0 Å². The lowest BCUT2D eigenvalue weighted by Gasteiger charge is -2.17. The first kappa shape index (κ1) is 8.97. The molecule has 0 aliphatic carbocycles. The molecule has 0 aromatic carbocycles. The monoisotopic (exact) mass is 157 g/mol. The second-order valence-corrected chi connectivity index (χ2v) is 3.00. The van der Waals surface area contributed by atoms with Crippen LogP contribution in [-0.4, -0.2) is 44.2 Å². The van der Waals surface area contributed by atoms with Gasteiger partial charge in [0.1, 0.15) is 0 Å². The zero-order chi connectivity index (χ0) is 7.94. The number of nitrogens with zero attached hydrogens (tertiary/aromatic N) is 1. The van der Waals surface area contributed by atoms with Gasteiger partial charge in [-0.05, 0) is 25.9 Å². The zero-order valence-electron chi connectivity index (χ0n) is 7.01. The zero-order valence-corrected chi connectivity index (χ0v) is 7.01. The molecule has 3 heteroatoms. The predicted molar refractivity (Wildman–Crippen MR) is 44.1 cm³/mol. The highest BCUT2D eigenvalue weighted by Gasteiger charge is 2.06. The summed E-state index contributed by atoms with van der Waals surface area (Å²) < 4.78 is 0. The van der Waals surface area contributed by atoms with E-state index in [1.807, 2.05) is 0 Å². The van der Waals surface area contributed by atoms with Gasteiger partial charge in [0.25, 0.3) is 0 Å². The molecule has 11 heavy (non-hydrogen) atoms. The van der Waals surface area contributed by atoms with Crippen LogP contribution in [-0.2, 0) is 5.11 Å². The standard InChI is InChI=1S/C8H17N2O/c11-8-2-6-10-5-1-3-9-4-7-10/h9H,1-8H2. The molecule has 0 aromatic rings. The maximum Gasteiger partial charge on any atom is 0.0834 e. The van der Waals surface area contributed by atoms with Crippen LogP contribution in [0.5, 0.6) is 0 Å². The highest BCUT2D eigenvalue weighted by molar-refractivity contribution is 4.64. The van der Waals surface area contributed by atoms with Crippen LogP contribution in [0.1, 0.15) is 12.8 Å². The minimum atomic E-state index is 0.0733. The fourth-order valence-corrected chi connectivity index (χ4v) is 1.41. The van der Waals surface area contributed by atoms with Crippen molar-refractivity contribution in [3.63, 3.8) is 0 Å². The third kappa shape index (κ3) is 3.70. The lowest BCUT2D eigenvalue weighted by atomic mass is 10.3. The van der Waals surface area contributed by atoms with Crippen LogP contribution in [0.4, 0.5) is 0 Å². The van der Waals surface area contributed by atoms with E-state index in [4.69, 9.17) is 0 Å². The molecule has 1 fully saturated rings. The van der Waals surface area contributed by atoms with Crippen molar-refractivity contribution in [2.45, 2.75) is 12.8 Å². The van der Waals surface area contributed by atoms with Crippen molar-refractivity contribution in [1.29, 1.82) is 0 Å². The van der Waals surface area contributed by atoms with E-state index in [0.29, 0.717) is 0 Å². The van der Waals surface area contributed by atoms with Gasteiger partial charge in [-0.25, -0.2) is 5.11 Å². The van der Waals surface area contributed by atoms with Crippen LogP contribution in [0.15, 0.2) is 0 Å². The number of nitrogens with one attached hydrogen (secondary N) is 1. The van der Waals surface area contributed by atoms with Crippen LogP contribution in [0, 0.1) is 0 Å². The molecular formula is C8H17N2O. The lowest BCUT2D eigenvalue weighted by Crippen LogP contribution is -2.29. The molecule has 0 amide bonds. The van der Waals surface area contributed by atoms with Gasteiger partial charge in [0.2, 0.25) is 0 Å². The lowest BCUT2D eigenvalue weighted by molar-refractivity contribution is 0.168. The van der Waals surface area contributed by atoms with Gasteiger partial charge < -0.3 is 10.2 Å². The summed E-state index contributed by atoms with van der Waals surface area (Å²) in [6.45, 7) is 5.55. The molecule has 1 aliphatic heterocycles. The van der Waals surface area contributed by atoms with Crippen molar-refractivity contribution in [1.82, 2.24) is 10.2 Å². The number of hydrogen-bond donors (Lipinski definition) is 1. The van der Waals surface area contributed by atoms with Gasteiger partial charge in [-0.2, -0.15) is 0 Å². The van der Waals surface area contributed by atoms with E-state index < -0.39 is 0 Å². The van der Waals surface area contributed by atoms with Crippen LogP contribution >= 0.6 is 0 Å². The van der Waals surface area contributed by atoms with E-state index in [9.17, 15) is 5.11 Å². The van der Waals surface area contributed by atoms with E-state index >= 15 is 0 Å².